The molecule has 0 rings (SSSR count). The summed E-state index contributed by atoms with van der Waals surface area (Å²) in [6.07, 6.45) is 4.38. The van der Waals surface area contributed by atoms with E-state index in [2.05, 4.69) is 13.8 Å². The second kappa shape index (κ2) is 9.00. The second-order valence-corrected chi connectivity index (χ2v) is 3.52. The van der Waals surface area contributed by atoms with Gasteiger partial charge in [0.15, 0.2) is 0 Å². The number of aliphatic hydroxyl groups excluding tert-OH is 1. The number of carbonyl (C=O) groups excluding carboxylic acids is 1. The summed E-state index contributed by atoms with van der Waals surface area (Å²) in [5, 5.41) is 8.53. The SMILES string of the molecule is CCCC(CCC)C(=O)OCCCO. The van der Waals surface area contributed by atoms with Crippen LogP contribution in [0.1, 0.15) is 46.0 Å². The molecule has 0 radical (unpaired) electrons. The Balaban J connectivity index is 3.76. The largest absolute Gasteiger partial charge is 0.465 e. The van der Waals surface area contributed by atoms with Gasteiger partial charge in [-0.2, -0.15) is 0 Å². The topological polar surface area (TPSA) is 46.5 Å². The molecule has 0 amide bonds. The number of hydrogen-bond acceptors (Lipinski definition) is 3. The van der Waals surface area contributed by atoms with E-state index in [1.54, 1.807) is 0 Å². The molecule has 0 aromatic rings. The predicted octanol–water partition coefficient (Wildman–Crippen LogP) is 2.13. The number of ether oxygens (including phenoxy) is 1. The standard InChI is InChI=1S/C11H22O3/c1-3-6-10(7-4-2)11(13)14-9-5-8-12/h10,12H,3-9H2,1-2H3. The smallest absolute Gasteiger partial charge is 0.308 e. The Kier molecular flexibility index (Phi) is 8.64. The van der Waals surface area contributed by atoms with Crippen molar-refractivity contribution in [2.45, 2.75) is 46.0 Å². The van der Waals surface area contributed by atoms with Gasteiger partial charge >= 0.3 is 5.97 Å². The molecule has 0 spiro atoms. The fraction of sp³-hybridized carbons (Fsp3) is 0.909. The lowest BCUT2D eigenvalue weighted by Gasteiger charge is -2.13. The number of rotatable bonds is 8. The summed E-state index contributed by atoms with van der Waals surface area (Å²) >= 11 is 0. The fourth-order valence-corrected chi connectivity index (χ4v) is 1.43. The maximum absolute atomic E-state index is 11.5. The van der Waals surface area contributed by atoms with Crippen LogP contribution >= 0.6 is 0 Å². The Labute approximate surface area is 86.5 Å². The lowest BCUT2D eigenvalue weighted by molar-refractivity contribution is -0.149. The predicted molar refractivity (Wildman–Crippen MR) is 56.0 cm³/mol. The van der Waals surface area contributed by atoms with E-state index in [1.807, 2.05) is 0 Å². The van der Waals surface area contributed by atoms with E-state index in [0.29, 0.717) is 13.0 Å². The summed E-state index contributed by atoms with van der Waals surface area (Å²) in [5.41, 5.74) is 0. The molecule has 0 aromatic heterocycles. The minimum atomic E-state index is -0.0952. The number of carbonyl (C=O) groups is 1. The minimum Gasteiger partial charge on any atom is -0.465 e. The Morgan fingerprint density at radius 3 is 2.29 bits per heavy atom. The zero-order valence-electron chi connectivity index (χ0n) is 9.29. The monoisotopic (exact) mass is 202 g/mol. The molecule has 0 aromatic carbocycles. The average Bonchev–Trinajstić information content (AvgIpc) is 2.18. The molecule has 0 atom stereocenters. The molecule has 84 valence electrons. The zero-order chi connectivity index (χ0) is 10.8. The quantitative estimate of drug-likeness (QED) is 0.484. The molecule has 0 aliphatic rings. The molecule has 0 unspecified atom stereocenters. The fourth-order valence-electron chi connectivity index (χ4n) is 1.43. The Morgan fingerprint density at radius 1 is 1.29 bits per heavy atom. The van der Waals surface area contributed by atoms with Crippen LogP contribution in [0.4, 0.5) is 0 Å². The van der Waals surface area contributed by atoms with Crippen molar-refractivity contribution in [2.75, 3.05) is 13.2 Å². The number of hydrogen-bond donors (Lipinski definition) is 1. The van der Waals surface area contributed by atoms with Crippen LogP contribution in [-0.4, -0.2) is 24.3 Å². The minimum absolute atomic E-state index is 0.0590. The third kappa shape index (κ3) is 5.97. The highest BCUT2D eigenvalue weighted by Gasteiger charge is 2.17. The van der Waals surface area contributed by atoms with Crippen molar-refractivity contribution in [3.8, 4) is 0 Å². The van der Waals surface area contributed by atoms with Crippen molar-refractivity contribution < 1.29 is 14.6 Å². The average molecular weight is 202 g/mol. The summed E-state index contributed by atoms with van der Waals surface area (Å²) in [6, 6.07) is 0. The van der Waals surface area contributed by atoms with Crippen LogP contribution in [0.15, 0.2) is 0 Å². The number of aliphatic hydroxyl groups is 1. The molecule has 0 aliphatic carbocycles. The lowest BCUT2D eigenvalue weighted by Crippen LogP contribution is -2.18. The third-order valence-corrected chi connectivity index (χ3v) is 2.15. The highest BCUT2D eigenvalue weighted by molar-refractivity contribution is 5.72. The highest BCUT2D eigenvalue weighted by atomic mass is 16.5. The van der Waals surface area contributed by atoms with E-state index in [0.717, 1.165) is 25.7 Å². The van der Waals surface area contributed by atoms with Gasteiger partial charge in [-0.05, 0) is 12.8 Å². The van der Waals surface area contributed by atoms with Crippen LogP contribution < -0.4 is 0 Å². The Bertz CT molecular complexity index is 139. The van der Waals surface area contributed by atoms with Crippen molar-refractivity contribution in [1.82, 2.24) is 0 Å². The lowest BCUT2D eigenvalue weighted by atomic mass is 9.99. The Morgan fingerprint density at radius 2 is 1.86 bits per heavy atom. The van der Waals surface area contributed by atoms with Crippen molar-refractivity contribution in [2.24, 2.45) is 5.92 Å². The van der Waals surface area contributed by atoms with Crippen LogP contribution in [0.5, 0.6) is 0 Å². The van der Waals surface area contributed by atoms with Crippen molar-refractivity contribution >= 4 is 5.97 Å². The van der Waals surface area contributed by atoms with E-state index in [1.165, 1.54) is 0 Å². The summed E-state index contributed by atoms with van der Waals surface area (Å²) < 4.78 is 5.05. The van der Waals surface area contributed by atoms with Gasteiger partial charge in [0.2, 0.25) is 0 Å². The van der Waals surface area contributed by atoms with E-state index in [4.69, 9.17) is 9.84 Å². The van der Waals surface area contributed by atoms with E-state index < -0.39 is 0 Å². The molecule has 3 heteroatoms. The molecule has 0 heterocycles. The van der Waals surface area contributed by atoms with Crippen LogP contribution in [0.25, 0.3) is 0 Å². The maximum Gasteiger partial charge on any atom is 0.308 e. The molecule has 0 bridgehead atoms. The summed E-state index contributed by atoms with van der Waals surface area (Å²) in [6.45, 7) is 4.58. The van der Waals surface area contributed by atoms with Gasteiger partial charge < -0.3 is 9.84 Å². The molecule has 0 saturated heterocycles. The van der Waals surface area contributed by atoms with Gasteiger partial charge in [0.1, 0.15) is 0 Å². The van der Waals surface area contributed by atoms with E-state index >= 15 is 0 Å². The van der Waals surface area contributed by atoms with Gasteiger partial charge in [0.25, 0.3) is 0 Å². The first-order chi connectivity index (χ1) is 6.76. The number of esters is 1. The summed E-state index contributed by atoms with van der Waals surface area (Å²) in [7, 11) is 0. The van der Waals surface area contributed by atoms with Crippen LogP contribution in [0, 0.1) is 5.92 Å². The van der Waals surface area contributed by atoms with Gasteiger partial charge in [-0.1, -0.05) is 26.7 Å². The van der Waals surface area contributed by atoms with E-state index in [-0.39, 0.29) is 18.5 Å². The molecule has 3 nitrogen and oxygen atoms in total. The van der Waals surface area contributed by atoms with E-state index in [9.17, 15) is 4.79 Å². The van der Waals surface area contributed by atoms with Crippen LogP contribution in [0.3, 0.4) is 0 Å². The van der Waals surface area contributed by atoms with Crippen molar-refractivity contribution in [3.63, 3.8) is 0 Å². The summed E-state index contributed by atoms with van der Waals surface area (Å²) in [4.78, 5) is 11.5. The Hall–Kier alpha value is -0.570. The highest BCUT2D eigenvalue weighted by Crippen LogP contribution is 2.15. The molecule has 0 fully saturated rings. The molecule has 0 saturated carbocycles. The summed E-state index contributed by atoms with van der Waals surface area (Å²) in [5.74, 6) is -0.0363. The van der Waals surface area contributed by atoms with Gasteiger partial charge in [-0.15, -0.1) is 0 Å². The van der Waals surface area contributed by atoms with Crippen molar-refractivity contribution in [3.05, 3.63) is 0 Å². The van der Waals surface area contributed by atoms with Gasteiger partial charge in [0, 0.05) is 13.0 Å². The molecular formula is C11H22O3. The molecule has 14 heavy (non-hydrogen) atoms. The molecule has 0 aliphatic heterocycles. The first-order valence-electron chi connectivity index (χ1n) is 5.53. The van der Waals surface area contributed by atoms with Gasteiger partial charge in [-0.3, -0.25) is 4.79 Å². The third-order valence-electron chi connectivity index (χ3n) is 2.15. The van der Waals surface area contributed by atoms with Gasteiger partial charge in [0.05, 0.1) is 12.5 Å². The molecule has 1 N–H and O–H groups in total. The first-order valence-corrected chi connectivity index (χ1v) is 5.53. The molecular weight excluding hydrogens is 180 g/mol. The van der Waals surface area contributed by atoms with Crippen LogP contribution in [0.2, 0.25) is 0 Å². The van der Waals surface area contributed by atoms with Crippen LogP contribution in [-0.2, 0) is 9.53 Å². The normalized spacial score (nSPS) is 10.6. The van der Waals surface area contributed by atoms with Gasteiger partial charge in [-0.25, -0.2) is 0 Å². The first kappa shape index (κ1) is 13.4. The maximum atomic E-state index is 11.5. The zero-order valence-corrected chi connectivity index (χ0v) is 9.29. The van der Waals surface area contributed by atoms with Crippen molar-refractivity contribution in [1.29, 1.82) is 0 Å². The second-order valence-electron chi connectivity index (χ2n) is 3.52.